The summed E-state index contributed by atoms with van der Waals surface area (Å²) in [5.74, 6) is 1.14. The highest BCUT2D eigenvalue weighted by Crippen LogP contribution is 2.42. The van der Waals surface area contributed by atoms with Crippen LogP contribution < -0.4 is 10.1 Å². The summed E-state index contributed by atoms with van der Waals surface area (Å²) in [6, 6.07) is 5.54. The first-order valence-corrected chi connectivity index (χ1v) is 9.23. The van der Waals surface area contributed by atoms with Crippen LogP contribution >= 0.6 is 0 Å². The molecule has 4 heterocycles. The average molecular weight is 372 g/mol. The molecule has 1 spiro atoms. The van der Waals surface area contributed by atoms with Crippen molar-refractivity contribution in [1.29, 1.82) is 0 Å². The van der Waals surface area contributed by atoms with Crippen LogP contribution in [-0.4, -0.2) is 59.9 Å². The molecular weight excluding hydrogens is 348 g/mol. The summed E-state index contributed by atoms with van der Waals surface area (Å²) in [6.45, 7) is 3.98. The van der Waals surface area contributed by atoms with Gasteiger partial charge in [-0.25, -0.2) is 4.98 Å². The molecule has 144 valence electrons. The van der Waals surface area contributed by atoms with E-state index in [0.717, 1.165) is 44.6 Å². The molecule has 1 N–H and O–H groups in total. The maximum Gasteiger partial charge on any atom is 0.289 e. The molecule has 2 fully saturated rings. The summed E-state index contributed by atoms with van der Waals surface area (Å²) in [4.78, 5) is 18.5. The van der Waals surface area contributed by atoms with Crippen molar-refractivity contribution in [2.75, 3.05) is 33.4 Å². The Kier molecular flexibility index (Phi) is 5.09. The average Bonchev–Trinajstić information content (AvgIpc) is 3.32. The Balaban J connectivity index is 1.27. The van der Waals surface area contributed by atoms with Crippen LogP contribution in [0.4, 0.5) is 0 Å². The van der Waals surface area contributed by atoms with Gasteiger partial charge >= 0.3 is 0 Å². The molecule has 2 saturated heterocycles. The van der Waals surface area contributed by atoms with E-state index in [0.29, 0.717) is 18.3 Å². The van der Waals surface area contributed by atoms with E-state index in [2.05, 4.69) is 20.4 Å². The molecule has 1 atom stereocenters. The molecule has 27 heavy (non-hydrogen) atoms. The first-order chi connectivity index (χ1) is 13.2. The number of pyridine rings is 1. The lowest BCUT2D eigenvalue weighted by Crippen LogP contribution is -2.64. The van der Waals surface area contributed by atoms with Gasteiger partial charge in [0.25, 0.3) is 5.91 Å². The second-order valence-corrected chi connectivity index (χ2v) is 7.14. The normalized spacial score (nSPS) is 21.1. The molecule has 2 aromatic heterocycles. The van der Waals surface area contributed by atoms with E-state index in [-0.39, 0.29) is 17.3 Å². The lowest BCUT2D eigenvalue weighted by molar-refractivity contribution is -0.136. The Labute approximate surface area is 157 Å². The van der Waals surface area contributed by atoms with Crippen molar-refractivity contribution >= 4 is 5.91 Å². The maximum absolute atomic E-state index is 11.9. The number of likely N-dealkylation sites (tertiary alicyclic amines) is 1. The summed E-state index contributed by atoms with van der Waals surface area (Å²) in [6.07, 6.45) is 5.13. The van der Waals surface area contributed by atoms with E-state index in [1.165, 1.54) is 6.20 Å². The summed E-state index contributed by atoms with van der Waals surface area (Å²) in [7, 11) is 1.65. The smallest absolute Gasteiger partial charge is 0.289 e. The van der Waals surface area contributed by atoms with Crippen molar-refractivity contribution in [3.63, 3.8) is 0 Å². The zero-order chi connectivity index (χ0) is 18.7. The number of nitrogens with one attached hydrogen (secondary N) is 1. The van der Waals surface area contributed by atoms with Gasteiger partial charge in [-0.05, 0) is 24.8 Å². The molecule has 0 aliphatic carbocycles. The topological polar surface area (TPSA) is 89.7 Å². The van der Waals surface area contributed by atoms with Crippen molar-refractivity contribution in [1.82, 2.24) is 20.4 Å². The van der Waals surface area contributed by atoms with Crippen molar-refractivity contribution in [3.05, 3.63) is 41.9 Å². The van der Waals surface area contributed by atoms with Crippen LogP contribution in [0.2, 0.25) is 0 Å². The molecule has 1 amide bonds. The number of amides is 1. The highest BCUT2D eigenvalue weighted by atomic mass is 16.5. The molecular formula is C19H24N4O4. The summed E-state index contributed by atoms with van der Waals surface area (Å²) < 4.78 is 16.3. The molecule has 8 nitrogen and oxygen atoms in total. The van der Waals surface area contributed by atoms with Crippen LogP contribution in [0.25, 0.3) is 0 Å². The third-order valence-corrected chi connectivity index (χ3v) is 5.46. The van der Waals surface area contributed by atoms with E-state index in [4.69, 9.17) is 14.0 Å². The van der Waals surface area contributed by atoms with Gasteiger partial charge in [-0.1, -0.05) is 11.2 Å². The third kappa shape index (κ3) is 3.68. The number of aromatic nitrogens is 2. The Hall–Kier alpha value is -2.45. The molecule has 0 saturated carbocycles. The number of nitrogens with zero attached hydrogens (tertiary/aromatic N) is 3. The van der Waals surface area contributed by atoms with Crippen molar-refractivity contribution < 1.29 is 18.8 Å². The fourth-order valence-corrected chi connectivity index (χ4v) is 4.11. The predicted octanol–water partition coefficient (Wildman–Crippen LogP) is 1.49. The second-order valence-electron chi connectivity index (χ2n) is 7.14. The van der Waals surface area contributed by atoms with Gasteiger partial charge in [0.15, 0.2) is 0 Å². The first kappa shape index (κ1) is 17.9. The van der Waals surface area contributed by atoms with Crippen LogP contribution in [-0.2, 0) is 11.3 Å². The summed E-state index contributed by atoms with van der Waals surface area (Å²) in [5, 5.41) is 6.45. The van der Waals surface area contributed by atoms with Crippen LogP contribution in [0.3, 0.4) is 0 Å². The zero-order valence-corrected chi connectivity index (χ0v) is 15.4. The van der Waals surface area contributed by atoms with Gasteiger partial charge in [-0.3, -0.25) is 9.69 Å². The van der Waals surface area contributed by atoms with E-state index in [9.17, 15) is 4.79 Å². The van der Waals surface area contributed by atoms with Gasteiger partial charge in [0.2, 0.25) is 11.6 Å². The number of ether oxygens (including phenoxy) is 2. The molecule has 2 aromatic rings. The highest BCUT2D eigenvalue weighted by Gasteiger charge is 2.52. The molecule has 8 heteroatoms. The molecule has 2 aliphatic rings. The van der Waals surface area contributed by atoms with E-state index < -0.39 is 0 Å². The fourth-order valence-electron chi connectivity index (χ4n) is 4.11. The quantitative estimate of drug-likeness (QED) is 0.787. The Morgan fingerprint density at radius 2 is 2.30 bits per heavy atom. The number of hydrogen-bond donors (Lipinski definition) is 1. The number of methoxy groups -OCH3 is 1. The van der Waals surface area contributed by atoms with Gasteiger partial charge in [0, 0.05) is 50.6 Å². The highest BCUT2D eigenvalue weighted by molar-refractivity contribution is 5.91. The minimum atomic E-state index is -0.223. The predicted molar refractivity (Wildman–Crippen MR) is 96.3 cm³/mol. The monoisotopic (exact) mass is 372 g/mol. The minimum Gasteiger partial charge on any atom is -0.481 e. The van der Waals surface area contributed by atoms with Gasteiger partial charge in [-0.15, -0.1) is 0 Å². The summed E-state index contributed by atoms with van der Waals surface area (Å²) in [5.41, 5.74) is 0.996. The SMILES string of the molecule is COc1ncccc1CN1CC2(C1)OCC[C@H]2CCNC(=O)c1ccno1. The van der Waals surface area contributed by atoms with Crippen molar-refractivity contribution in [2.45, 2.75) is 25.0 Å². The van der Waals surface area contributed by atoms with Crippen LogP contribution in [0.5, 0.6) is 5.88 Å². The lowest BCUT2D eigenvalue weighted by Gasteiger charge is -2.50. The van der Waals surface area contributed by atoms with Crippen LogP contribution in [0.15, 0.2) is 35.1 Å². The van der Waals surface area contributed by atoms with Crippen molar-refractivity contribution in [3.8, 4) is 5.88 Å². The van der Waals surface area contributed by atoms with Crippen molar-refractivity contribution in [2.24, 2.45) is 5.92 Å². The fraction of sp³-hybridized carbons (Fsp3) is 0.526. The lowest BCUT2D eigenvalue weighted by atomic mass is 9.78. The van der Waals surface area contributed by atoms with Gasteiger partial charge in [-0.2, -0.15) is 0 Å². The molecule has 2 aliphatic heterocycles. The third-order valence-electron chi connectivity index (χ3n) is 5.46. The number of carbonyl (C=O) groups is 1. The molecule has 0 bridgehead atoms. The second kappa shape index (κ2) is 7.66. The Morgan fingerprint density at radius 3 is 3.07 bits per heavy atom. The summed E-state index contributed by atoms with van der Waals surface area (Å²) >= 11 is 0. The number of hydrogen-bond acceptors (Lipinski definition) is 7. The first-order valence-electron chi connectivity index (χ1n) is 9.23. The van der Waals surface area contributed by atoms with Crippen LogP contribution in [0, 0.1) is 5.92 Å². The number of rotatable bonds is 7. The van der Waals surface area contributed by atoms with E-state index >= 15 is 0 Å². The maximum atomic E-state index is 11.9. The minimum absolute atomic E-state index is 0.0909. The van der Waals surface area contributed by atoms with E-state index in [1.54, 1.807) is 19.4 Å². The zero-order valence-electron chi connectivity index (χ0n) is 15.4. The van der Waals surface area contributed by atoms with Gasteiger partial charge in [0.05, 0.1) is 18.9 Å². The number of carbonyl (C=O) groups excluding carboxylic acids is 1. The Morgan fingerprint density at radius 1 is 1.41 bits per heavy atom. The molecule has 0 radical (unpaired) electrons. The van der Waals surface area contributed by atoms with Gasteiger partial charge < -0.3 is 19.3 Å². The molecule has 4 rings (SSSR count). The van der Waals surface area contributed by atoms with E-state index in [1.807, 2.05) is 12.1 Å². The largest absolute Gasteiger partial charge is 0.481 e. The molecule has 0 aromatic carbocycles. The molecule has 0 unspecified atom stereocenters. The Bertz CT molecular complexity index is 774. The standard InChI is InChI=1S/C19H24N4O4/c1-25-18-14(3-2-7-21-18)11-23-12-19(13-23)15(6-10-26-19)4-8-20-17(24)16-5-9-22-27-16/h2-3,5,7,9,15H,4,6,8,10-13H2,1H3,(H,20,24)/t15-/m1/s1. The van der Waals surface area contributed by atoms with Gasteiger partial charge in [0.1, 0.15) is 0 Å². The van der Waals surface area contributed by atoms with Crippen LogP contribution in [0.1, 0.15) is 29.0 Å².